The Kier molecular flexibility index (Phi) is 25.8. The standard InChI is InChI=1S/C25H52O2/c1-3-5-7-9-10-11-12-13-14-15-16-17-19-21-23-27-25-24-26-22-20-18-8-6-4-2/h3-25H2,1-2H3. The van der Waals surface area contributed by atoms with Gasteiger partial charge in [-0.3, -0.25) is 0 Å². The van der Waals surface area contributed by atoms with Crippen molar-refractivity contribution in [1.82, 2.24) is 0 Å². The molecule has 0 amide bonds. The molecule has 2 nitrogen and oxygen atoms in total. The van der Waals surface area contributed by atoms with Gasteiger partial charge < -0.3 is 9.47 Å². The van der Waals surface area contributed by atoms with Gasteiger partial charge >= 0.3 is 0 Å². The first-order chi connectivity index (χ1) is 13.4. The van der Waals surface area contributed by atoms with E-state index in [0.717, 1.165) is 26.4 Å². The average Bonchev–Trinajstić information content (AvgIpc) is 2.68. The Morgan fingerprint density at radius 3 is 0.852 bits per heavy atom. The van der Waals surface area contributed by atoms with E-state index in [0.29, 0.717) is 0 Å². The van der Waals surface area contributed by atoms with E-state index in [1.54, 1.807) is 0 Å². The van der Waals surface area contributed by atoms with Crippen molar-refractivity contribution in [3.05, 3.63) is 0 Å². The first-order valence-corrected chi connectivity index (χ1v) is 12.6. The minimum Gasteiger partial charge on any atom is -0.379 e. The highest BCUT2D eigenvalue weighted by Gasteiger charge is 1.95. The van der Waals surface area contributed by atoms with Crippen molar-refractivity contribution in [2.45, 2.75) is 136 Å². The van der Waals surface area contributed by atoms with Crippen LogP contribution in [0.4, 0.5) is 0 Å². The largest absolute Gasteiger partial charge is 0.379 e. The summed E-state index contributed by atoms with van der Waals surface area (Å²) in [4.78, 5) is 0. The van der Waals surface area contributed by atoms with E-state index in [1.165, 1.54) is 122 Å². The van der Waals surface area contributed by atoms with Crippen LogP contribution in [-0.2, 0) is 9.47 Å². The van der Waals surface area contributed by atoms with Gasteiger partial charge in [-0.2, -0.15) is 0 Å². The lowest BCUT2D eigenvalue weighted by Gasteiger charge is -2.06. The van der Waals surface area contributed by atoms with E-state index in [4.69, 9.17) is 9.47 Å². The van der Waals surface area contributed by atoms with Crippen molar-refractivity contribution in [3.63, 3.8) is 0 Å². The van der Waals surface area contributed by atoms with Crippen molar-refractivity contribution in [2.75, 3.05) is 26.4 Å². The summed E-state index contributed by atoms with van der Waals surface area (Å²) in [5.41, 5.74) is 0. The molecule has 0 aliphatic carbocycles. The van der Waals surface area contributed by atoms with Gasteiger partial charge in [-0.05, 0) is 12.8 Å². The molecular formula is C25H52O2. The van der Waals surface area contributed by atoms with Crippen LogP contribution in [0.5, 0.6) is 0 Å². The van der Waals surface area contributed by atoms with Gasteiger partial charge in [0.25, 0.3) is 0 Å². The fraction of sp³-hybridized carbons (Fsp3) is 1.00. The number of ether oxygens (including phenoxy) is 2. The molecular weight excluding hydrogens is 332 g/mol. The fourth-order valence-corrected chi connectivity index (χ4v) is 3.53. The summed E-state index contributed by atoms with van der Waals surface area (Å²) < 4.78 is 11.3. The molecule has 0 bridgehead atoms. The van der Waals surface area contributed by atoms with E-state index < -0.39 is 0 Å². The van der Waals surface area contributed by atoms with Crippen molar-refractivity contribution >= 4 is 0 Å². The quantitative estimate of drug-likeness (QED) is 0.155. The third-order valence-corrected chi connectivity index (χ3v) is 5.41. The Bertz CT molecular complexity index is 218. The zero-order chi connectivity index (χ0) is 19.7. The molecule has 0 N–H and O–H groups in total. The molecule has 0 saturated carbocycles. The fourth-order valence-electron chi connectivity index (χ4n) is 3.53. The second-order valence-electron chi connectivity index (χ2n) is 8.24. The highest BCUT2D eigenvalue weighted by Crippen LogP contribution is 2.12. The van der Waals surface area contributed by atoms with Gasteiger partial charge in [0.1, 0.15) is 0 Å². The molecule has 0 aliphatic rings. The van der Waals surface area contributed by atoms with Crippen LogP contribution in [0, 0.1) is 0 Å². The summed E-state index contributed by atoms with van der Waals surface area (Å²) in [5.74, 6) is 0. The summed E-state index contributed by atoms with van der Waals surface area (Å²) >= 11 is 0. The van der Waals surface area contributed by atoms with Gasteiger partial charge in [0.15, 0.2) is 0 Å². The molecule has 0 aromatic carbocycles. The third-order valence-electron chi connectivity index (χ3n) is 5.41. The minimum atomic E-state index is 0.770. The Balaban J connectivity index is 2.95. The molecule has 164 valence electrons. The van der Waals surface area contributed by atoms with Crippen LogP contribution < -0.4 is 0 Å². The van der Waals surface area contributed by atoms with Gasteiger partial charge in [0.2, 0.25) is 0 Å². The lowest BCUT2D eigenvalue weighted by atomic mass is 10.0. The van der Waals surface area contributed by atoms with Gasteiger partial charge in [-0.15, -0.1) is 0 Å². The molecule has 0 atom stereocenters. The SMILES string of the molecule is CCCCCCCCCCCCCCCCOCCOCCCCCCC. The maximum atomic E-state index is 5.66. The predicted molar refractivity (Wildman–Crippen MR) is 121 cm³/mol. The zero-order valence-electron chi connectivity index (χ0n) is 19.1. The molecule has 0 unspecified atom stereocenters. The van der Waals surface area contributed by atoms with Crippen LogP contribution in [0.1, 0.15) is 136 Å². The summed E-state index contributed by atoms with van der Waals surface area (Å²) in [6.07, 6.45) is 26.3. The van der Waals surface area contributed by atoms with Crippen molar-refractivity contribution in [1.29, 1.82) is 0 Å². The molecule has 0 fully saturated rings. The van der Waals surface area contributed by atoms with E-state index in [-0.39, 0.29) is 0 Å². The second-order valence-corrected chi connectivity index (χ2v) is 8.24. The van der Waals surface area contributed by atoms with Crippen LogP contribution in [0.25, 0.3) is 0 Å². The maximum absolute atomic E-state index is 5.66. The highest BCUT2D eigenvalue weighted by molar-refractivity contribution is 4.49. The number of rotatable bonds is 24. The van der Waals surface area contributed by atoms with Gasteiger partial charge in [-0.1, -0.05) is 123 Å². The number of hydrogen-bond donors (Lipinski definition) is 0. The summed E-state index contributed by atoms with van der Waals surface area (Å²) in [5, 5.41) is 0. The van der Waals surface area contributed by atoms with E-state index in [1.807, 2.05) is 0 Å². The topological polar surface area (TPSA) is 18.5 Å². The maximum Gasteiger partial charge on any atom is 0.0700 e. The molecule has 0 saturated heterocycles. The molecule has 0 aromatic heterocycles. The molecule has 0 radical (unpaired) electrons. The smallest absolute Gasteiger partial charge is 0.0700 e. The second kappa shape index (κ2) is 25.9. The predicted octanol–water partition coefficient (Wildman–Crippen LogP) is 8.47. The Hall–Kier alpha value is -0.0800. The first-order valence-electron chi connectivity index (χ1n) is 12.6. The van der Waals surface area contributed by atoms with E-state index in [9.17, 15) is 0 Å². The van der Waals surface area contributed by atoms with Crippen molar-refractivity contribution < 1.29 is 9.47 Å². The molecule has 0 rings (SSSR count). The number of hydrogen-bond acceptors (Lipinski definition) is 2. The van der Waals surface area contributed by atoms with Gasteiger partial charge in [0.05, 0.1) is 13.2 Å². The lowest BCUT2D eigenvalue weighted by molar-refractivity contribution is 0.0448. The molecule has 0 heterocycles. The van der Waals surface area contributed by atoms with Crippen LogP contribution in [0.15, 0.2) is 0 Å². The normalized spacial score (nSPS) is 11.3. The van der Waals surface area contributed by atoms with Crippen LogP contribution in [0.3, 0.4) is 0 Å². The summed E-state index contributed by atoms with van der Waals surface area (Å²) in [7, 11) is 0. The molecule has 2 heteroatoms. The third kappa shape index (κ3) is 25.9. The number of unbranched alkanes of at least 4 members (excludes halogenated alkanes) is 17. The van der Waals surface area contributed by atoms with Crippen LogP contribution in [-0.4, -0.2) is 26.4 Å². The van der Waals surface area contributed by atoms with Gasteiger partial charge in [-0.25, -0.2) is 0 Å². The average molecular weight is 385 g/mol. The van der Waals surface area contributed by atoms with Crippen LogP contribution >= 0.6 is 0 Å². The Labute approximate surface area is 172 Å². The van der Waals surface area contributed by atoms with Crippen molar-refractivity contribution in [3.8, 4) is 0 Å². The zero-order valence-corrected chi connectivity index (χ0v) is 19.1. The van der Waals surface area contributed by atoms with E-state index >= 15 is 0 Å². The van der Waals surface area contributed by atoms with Crippen LogP contribution in [0.2, 0.25) is 0 Å². The van der Waals surface area contributed by atoms with E-state index in [2.05, 4.69) is 13.8 Å². The first kappa shape index (κ1) is 26.9. The molecule has 0 aromatic rings. The van der Waals surface area contributed by atoms with Gasteiger partial charge in [0, 0.05) is 13.2 Å². The Morgan fingerprint density at radius 2 is 0.556 bits per heavy atom. The monoisotopic (exact) mass is 384 g/mol. The minimum absolute atomic E-state index is 0.770. The lowest BCUT2D eigenvalue weighted by Crippen LogP contribution is -2.06. The molecule has 0 aliphatic heterocycles. The molecule has 0 spiro atoms. The summed E-state index contributed by atoms with van der Waals surface area (Å²) in [6.45, 7) is 7.91. The van der Waals surface area contributed by atoms with Crippen molar-refractivity contribution in [2.24, 2.45) is 0 Å². The summed E-state index contributed by atoms with van der Waals surface area (Å²) in [6, 6.07) is 0. The Morgan fingerprint density at radius 1 is 0.296 bits per heavy atom. The highest BCUT2D eigenvalue weighted by atomic mass is 16.5. The molecule has 27 heavy (non-hydrogen) atoms.